The van der Waals surface area contributed by atoms with E-state index in [2.05, 4.69) is 0 Å². The van der Waals surface area contributed by atoms with E-state index < -0.39 is 12.1 Å². The van der Waals surface area contributed by atoms with Gasteiger partial charge in [-0.3, -0.25) is 4.79 Å². The van der Waals surface area contributed by atoms with Gasteiger partial charge >= 0.3 is 12.1 Å². The molecule has 1 N–H and O–H groups in total. The zero-order valence-electron chi connectivity index (χ0n) is 10.4. The van der Waals surface area contributed by atoms with Gasteiger partial charge in [0, 0.05) is 13.1 Å². The van der Waals surface area contributed by atoms with Crippen LogP contribution in [0.15, 0.2) is 0 Å². The van der Waals surface area contributed by atoms with Gasteiger partial charge in [-0.1, -0.05) is 13.8 Å². The maximum Gasteiger partial charge on any atom is 0.409 e. The molecule has 0 heterocycles. The van der Waals surface area contributed by atoms with Crippen molar-refractivity contribution in [1.29, 1.82) is 0 Å². The van der Waals surface area contributed by atoms with Gasteiger partial charge in [0.2, 0.25) is 0 Å². The summed E-state index contributed by atoms with van der Waals surface area (Å²) in [4.78, 5) is 23.5. The van der Waals surface area contributed by atoms with Gasteiger partial charge < -0.3 is 14.7 Å². The molecule has 1 unspecified atom stereocenters. The molecule has 94 valence electrons. The maximum absolute atomic E-state index is 11.5. The Morgan fingerprint density at radius 3 is 2.31 bits per heavy atom. The fraction of sp³-hybridized carbons (Fsp3) is 0.818. The van der Waals surface area contributed by atoms with Gasteiger partial charge in [0.05, 0.1) is 13.0 Å². The second kappa shape index (κ2) is 7.09. The zero-order valence-corrected chi connectivity index (χ0v) is 10.4. The Morgan fingerprint density at radius 2 is 1.94 bits per heavy atom. The Labute approximate surface area is 96.4 Å². The van der Waals surface area contributed by atoms with E-state index in [0.29, 0.717) is 18.9 Å². The largest absolute Gasteiger partial charge is 0.481 e. The molecular formula is C11H21NO4. The van der Waals surface area contributed by atoms with E-state index >= 15 is 0 Å². The number of hydrogen-bond donors (Lipinski definition) is 1. The molecule has 0 spiro atoms. The highest BCUT2D eigenvalue weighted by Crippen LogP contribution is 2.14. The fourth-order valence-electron chi connectivity index (χ4n) is 1.50. The summed E-state index contributed by atoms with van der Waals surface area (Å²) in [6, 6.07) is -0.309. The summed E-state index contributed by atoms with van der Waals surface area (Å²) in [6.07, 6.45) is 0.143. The number of carbonyl (C=O) groups excluding carboxylic acids is 1. The van der Waals surface area contributed by atoms with Gasteiger partial charge in [-0.25, -0.2) is 4.79 Å². The monoisotopic (exact) mass is 231 g/mol. The van der Waals surface area contributed by atoms with Crippen LogP contribution in [0.3, 0.4) is 0 Å². The normalized spacial score (nSPS) is 12.3. The van der Waals surface area contributed by atoms with Crippen LogP contribution < -0.4 is 0 Å². The van der Waals surface area contributed by atoms with Crippen LogP contribution in [0.5, 0.6) is 0 Å². The molecule has 0 radical (unpaired) electrons. The maximum atomic E-state index is 11.5. The van der Waals surface area contributed by atoms with Crippen LogP contribution in [0.25, 0.3) is 0 Å². The number of nitrogens with zero attached hydrogens (tertiary/aromatic N) is 1. The molecule has 0 aliphatic carbocycles. The van der Waals surface area contributed by atoms with Gasteiger partial charge in [0.25, 0.3) is 0 Å². The summed E-state index contributed by atoms with van der Waals surface area (Å²) < 4.78 is 4.84. The number of amides is 1. The van der Waals surface area contributed by atoms with Crippen LogP contribution in [-0.2, 0) is 9.53 Å². The van der Waals surface area contributed by atoms with Crippen molar-refractivity contribution in [3.05, 3.63) is 0 Å². The minimum absolute atomic E-state index is 0.0481. The lowest BCUT2D eigenvalue weighted by Crippen LogP contribution is -2.39. The Hall–Kier alpha value is -1.26. The summed E-state index contributed by atoms with van der Waals surface area (Å²) in [7, 11) is 1.58. The summed E-state index contributed by atoms with van der Waals surface area (Å²) in [5.74, 6) is -0.567. The van der Waals surface area contributed by atoms with Crippen LogP contribution in [0.4, 0.5) is 4.79 Å². The molecule has 5 nitrogen and oxygen atoms in total. The topological polar surface area (TPSA) is 66.8 Å². The number of carboxylic acids is 1. The van der Waals surface area contributed by atoms with Crippen molar-refractivity contribution in [3.63, 3.8) is 0 Å². The number of aliphatic carboxylic acids is 1. The molecule has 0 aliphatic rings. The molecule has 5 heteroatoms. The second-order valence-electron chi connectivity index (χ2n) is 4.19. The van der Waals surface area contributed by atoms with Crippen LogP contribution >= 0.6 is 0 Å². The number of carbonyl (C=O) groups is 2. The average molecular weight is 231 g/mol. The Balaban J connectivity index is 4.47. The van der Waals surface area contributed by atoms with E-state index in [0.717, 1.165) is 0 Å². The molecule has 0 saturated heterocycles. The van der Waals surface area contributed by atoms with E-state index in [1.165, 1.54) is 4.90 Å². The van der Waals surface area contributed by atoms with Crippen LogP contribution in [0, 0.1) is 5.92 Å². The summed E-state index contributed by atoms with van der Waals surface area (Å²) in [5.41, 5.74) is 0. The lowest BCUT2D eigenvalue weighted by Gasteiger charge is -2.27. The van der Waals surface area contributed by atoms with E-state index in [1.54, 1.807) is 14.0 Å². The molecule has 0 bridgehead atoms. The molecule has 1 atom stereocenters. The molecule has 1 amide bonds. The third-order valence-electron chi connectivity index (χ3n) is 2.26. The van der Waals surface area contributed by atoms with Crippen molar-refractivity contribution < 1.29 is 19.4 Å². The first kappa shape index (κ1) is 14.7. The van der Waals surface area contributed by atoms with Crippen LogP contribution in [0.2, 0.25) is 0 Å². The second-order valence-corrected chi connectivity index (χ2v) is 4.19. The van der Waals surface area contributed by atoms with Crippen molar-refractivity contribution in [2.45, 2.75) is 39.7 Å². The molecule has 16 heavy (non-hydrogen) atoms. The Morgan fingerprint density at radius 1 is 1.38 bits per heavy atom. The summed E-state index contributed by atoms with van der Waals surface area (Å²) in [6.45, 7) is 6.01. The SMILES string of the molecule is CCOC(=O)N(C)C(CC(=O)O)CC(C)C. The van der Waals surface area contributed by atoms with Gasteiger partial charge in [-0.2, -0.15) is 0 Å². The van der Waals surface area contributed by atoms with Crippen LogP contribution in [-0.4, -0.2) is 41.8 Å². The highest BCUT2D eigenvalue weighted by molar-refractivity contribution is 5.71. The van der Waals surface area contributed by atoms with E-state index in [4.69, 9.17) is 9.84 Å². The van der Waals surface area contributed by atoms with E-state index in [9.17, 15) is 9.59 Å². The third kappa shape index (κ3) is 5.58. The smallest absolute Gasteiger partial charge is 0.409 e. The van der Waals surface area contributed by atoms with Crippen molar-refractivity contribution in [1.82, 2.24) is 4.90 Å². The lowest BCUT2D eigenvalue weighted by atomic mass is 10.0. The van der Waals surface area contributed by atoms with Crippen molar-refractivity contribution in [2.24, 2.45) is 5.92 Å². The quantitative estimate of drug-likeness (QED) is 0.758. The number of hydrogen-bond acceptors (Lipinski definition) is 3. The molecular weight excluding hydrogens is 210 g/mol. The molecule has 0 fully saturated rings. The van der Waals surface area contributed by atoms with Gasteiger partial charge in [0.1, 0.15) is 0 Å². The predicted molar refractivity (Wildman–Crippen MR) is 60.3 cm³/mol. The minimum Gasteiger partial charge on any atom is -0.481 e. The molecule has 0 aromatic heterocycles. The third-order valence-corrected chi connectivity index (χ3v) is 2.26. The van der Waals surface area contributed by atoms with Crippen molar-refractivity contribution >= 4 is 12.1 Å². The van der Waals surface area contributed by atoms with Crippen molar-refractivity contribution in [2.75, 3.05) is 13.7 Å². The van der Waals surface area contributed by atoms with E-state index in [1.807, 2.05) is 13.8 Å². The first-order chi connectivity index (χ1) is 7.38. The van der Waals surface area contributed by atoms with Gasteiger partial charge in [-0.15, -0.1) is 0 Å². The number of carboxylic acid groups (broad SMARTS) is 1. The number of ether oxygens (including phenoxy) is 1. The first-order valence-corrected chi connectivity index (χ1v) is 5.49. The number of rotatable bonds is 6. The van der Waals surface area contributed by atoms with E-state index in [-0.39, 0.29) is 12.5 Å². The van der Waals surface area contributed by atoms with Gasteiger partial charge in [0.15, 0.2) is 0 Å². The molecule has 0 rings (SSSR count). The highest BCUT2D eigenvalue weighted by Gasteiger charge is 2.24. The zero-order chi connectivity index (χ0) is 12.7. The minimum atomic E-state index is -0.901. The summed E-state index contributed by atoms with van der Waals surface area (Å²) >= 11 is 0. The lowest BCUT2D eigenvalue weighted by molar-refractivity contribution is -0.138. The van der Waals surface area contributed by atoms with Crippen LogP contribution in [0.1, 0.15) is 33.6 Å². The molecule has 0 aromatic rings. The standard InChI is InChI=1S/C11H21NO4/c1-5-16-11(15)12(4)9(6-8(2)3)7-10(13)14/h8-9H,5-7H2,1-4H3,(H,13,14). The summed E-state index contributed by atoms with van der Waals surface area (Å²) in [5, 5.41) is 8.78. The molecule has 0 saturated carbocycles. The predicted octanol–water partition coefficient (Wildman–Crippen LogP) is 1.96. The fourth-order valence-corrected chi connectivity index (χ4v) is 1.50. The van der Waals surface area contributed by atoms with Gasteiger partial charge in [-0.05, 0) is 19.3 Å². The Bertz CT molecular complexity index is 240. The molecule has 0 aromatic carbocycles. The highest BCUT2D eigenvalue weighted by atomic mass is 16.6. The first-order valence-electron chi connectivity index (χ1n) is 5.49. The Kier molecular flexibility index (Phi) is 6.53. The van der Waals surface area contributed by atoms with Crippen molar-refractivity contribution in [3.8, 4) is 0 Å². The average Bonchev–Trinajstić information content (AvgIpc) is 2.14. The molecule has 0 aliphatic heterocycles.